The monoisotopic (exact) mass is 419 g/mol. The Morgan fingerprint density at radius 2 is 1.75 bits per heavy atom. The second-order valence-electron chi connectivity index (χ2n) is 9.34. The summed E-state index contributed by atoms with van der Waals surface area (Å²) in [6.45, 7) is 11.4. The number of hydrogen-bond acceptors (Lipinski definition) is 0. The van der Waals surface area contributed by atoms with Gasteiger partial charge in [0.15, 0.2) is 0 Å². The Kier molecular flexibility index (Phi) is 5.51. The molecule has 4 aromatic rings. The van der Waals surface area contributed by atoms with Crippen molar-refractivity contribution < 1.29 is 0 Å². The van der Waals surface area contributed by atoms with Crippen LogP contribution in [0.2, 0.25) is 0 Å². The van der Waals surface area contributed by atoms with E-state index in [1.165, 1.54) is 44.9 Å². The maximum absolute atomic E-state index is 4.43. The molecule has 0 bridgehead atoms. The third kappa shape index (κ3) is 3.32. The predicted octanol–water partition coefficient (Wildman–Crippen LogP) is 8.84. The summed E-state index contributed by atoms with van der Waals surface area (Å²) in [6.07, 6.45) is 8.18. The van der Waals surface area contributed by atoms with Crippen molar-refractivity contribution in [2.24, 2.45) is 5.92 Å². The van der Waals surface area contributed by atoms with E-state index < -0.39 is 0 Å². The first-order chi connectivity index (χ1) is 15.6. The highest BCUT2D eigenvalue weighted by molar-refractivity contribution is 6.11. The molecule has 0 saturated heterocycles. The van der Waals surface area contributed by atoms with Crippen LogP contribution in [0, 0.1) is 12.8 Å². The van der Waals surface area contributed by atoms with Crippen LogP contribution >= 0.6 is 0 Å². The van der Waals surface area contributed by atoms with E-state index in [-0.39, 0.29) is 0 Å². The lowest BCUT2D eigenvalue weighted by atomic mass is 9.70. The van der Waals surface area contributed by atoms with Crippen LogP contribution < -0.4 is 0 Å². The molecule has 5 rings (SSSR count). The van der Waals surface area contributed by atoms with Crippen LogP contribution in [0.4, 0.5) is 0 Å². The number of aryl methyl sites for hydroxylation is 1. The van der Waals surface area contributed by atoms with Crippen molar-refractivity contribution in [3.63, 3.8) is 0 Å². The Bertz CT molecular complexity index is 1300. The van der Waals surface area contributed by atoms with E-state index in [9.17, 15) is 0 Å². The van der Waals surface area contributed by atoms with Gasteiger partial charge < -0.3 is 4.57 Å². The summed E-state index contributed by atoms with van der Waals surface area (Å²) in [5.74, 6) is 1.53. The fraction of sp³-hybridized carbons (Fsp3) is 0.290. The molecule has 1 aromatic heterocycles. The van der Waals surface area contributed by atoms with Crippen LogP contribution in [0.1, 0.15) is 61.6 Å². The smallest absolute Gasteiger partial charge is 0.0569 e. The van der Waals surface area contributed by atoms with Crippen molar-refractivity contribution in [2.45, 2.75) is 51.9 Å². The van der Waals surface area contributed by atoms with Crippen molar-refractivity contribution >= 4 is 27.5 Å². The number of allylic oxidation sites excluding steroid dienone is 3. The number of fused-ring (bicyclic) bond motifs is 3. The zero-order valence-corrected chi connectivity index (χ0v) is 19.5. The summed E-state index contributed by atoms with van der Waals surface area (Å²) < 4.78 is 2.41. The van der Waals surface area contributed by atoms with Crippen LogP contribution in [0.3, 0.4) is 0 Å². The fourth-order valence-corrected chi connectivity index (χ4v) is 5.84. The van der Waals surface area contributed by atoms with Crippen LogP contribution in [0.15, 0.2) is 85.5 Å². The summed E-state index contributed by atoms with van der Waals surface area (Å²) in [7, 11) is 0. The minimum absolute atomic E-state index is 0.490. The van der Waals surface area contributed by atoms with Gasteiger partial charge in [-0.1, -0.05) is 93.2 Å². The number of aromatic nitrogens is 1. The molecule has 2 unspecified atom stereocenters. The molecule has 3 atom stereocenters. The quantitative estimate of drug-likeness (QED) is 0.285. The maximum Gasteiger partial charge on any atom is 0.0569 e. The van der Waals surface area contributed by atoms with Crippen molar-refractivity contribution in [1.29, 1.82) is 0 Å². The van der Waals surface area contributed by atoms with Crippen molar-refractivity contribution in [1.82, 2.24) is 4.57 Å². The summed E-state index contributed by atoms with van der Waals surface area (Å²) in [6, 6.07) is 24.6. The van der Waals surface area contributed by atoms with E-state index in [4.69, 9.17) is 0 Å². The number of para-hydroxylation sites is 1. The molecule has 32 heavy (non-hydrogen) atoms. The molecule has 0 saturated carbocycles. The average molecular weight is 420 g/mol. The van der Waals surface area contributed by atoms with Gasteiger partial charge in [-0.3, -0.25) is 0 Å². The van der Waals surface area contributed by atoms with Gasteiger partial charge in [-0.2, -0.15) is 0 Å². The summed E-state index contributed by atoms with van der Waals surface area (Å²) in [5, 5.41) is 2.67. The normalized spacial score (nSPS) is 19.5. The molecule has 3 aromatic carbocycles. The zero-order chi connectivity index (χ0) is 22.2. The molecule has 0 aliphatic heterocycles. The lowest BCUT2D eigenvalue weighted by Gasteiger charge is -2.34. The van der Waals surface area contributed by atoms with Crippen molar-refractivity contribution in [3.05, 3.63) is 102 Å². The first-order valence-electron chi connectivity index (χ1n) is 12.0. The molecular formula is C31H33N. The van der Waals surface area contributed by atoms with Gasteiger partial charge in [0.2, 0.25) is 0 Å². The Balaban J connectivity index is 1.68. The van der Waals surface area contributed by atoms with Crippen LogP contribution in [0.5, 0.6) is 0 Å². The second-order valence-corrected chi connectivity index (χ2v) is 9.34. The average Bonchev–Trinajstić information content (AvgIpc) is 3.19. The van der Waals surface area contributed by atoms with Crippen LogP contribution in [-0.2, 0) is 0 Å². The molecule has 1 heterocycles. The van der Waals surface area contributed by atoms with Gasteiger partial charge in [0.25, 0.3) is 0 Å². The molecule has 0 N–H and O–H groups in total. The van der Waals surface area contributed by atoms with Crippen LogP contribution in [-0.4, -0.2) is 4.57 Å². The SMILES string of the molecule is C=C(CC)n1c2ccccc2c2ccc(C3CCC=CC3[C@@H](C)c3ccccc3)c(C)c21. The highest BCUT2D eigenvalue weighted by Crippen LogP contribution is 2.45. The molecule has 1 aliphatic carbocycles. The molecule has 0 radical (unpaired) electrons. The maximum atomic E-state index is 4.43. The van der Waals surface area contributed by atoms with Gasteiger partial charge >= 0.3 is 0 Å². The van der Waals surface area contributed by atoms with Crippen molar-refractivity contribution in [3.8, 4) is 0 Å². The molecule has 1 aliphatic rings. The highest BCUT2D eigenvalue weighted by Gasteiger charge is 2.30. The van der Waals surface area contributed by atoms with E-state index in [0.717, 1.165) is 18.5 Å². The molecule has 1 nitrogen and oxygen atoms in total. The Labute approximate surface area is 192 Å². The van der Waals surface area contributed by atoms with E-state index in [1.807, 2.05) is 0 Å². The zero-order valence-electron chi connectivity index (χ0n) is 19.5. The van der Waals surface area contributed by atoms with E-state index >= 15 is 0 Å². The number of hydrogen-bond donors (Lipinski definition) is 0. The van der Waals surface area contributed by atoms with Crippen LogP contribution in [0.25, 0.3) is 27.5 Å². The van der Waals surface area contributed by atoms with E-state index in [0.29, 0.717) is 17.8 Å². The van der Waals surface area contributed by atoms with E-state index in [1.54, 1.807) is 0 Å². The molecule has 0 spiro atoms. The highest BCUT2D eigenvalue weighted by atomic mass is 15.0. The molecule has 162 valence electrons. The molecular weight excluding hydrogens is 386 g/mol. The fourth-order valence-electron chi connectivity index (χ4n) is 5.84. The molecule has 0 fully saturated rings. The largest absolute Gasteiger partial charge is 0.313 e. The summed E-state index contributed by atoms with van der Waals surface area (Å²) in [5.41, 5.74) is 8.13. The van der Waals surface area contributed by atoms with E-state index in [2.05, 4.69) is 111 Å². The minimum atomic E-state index is 0.490. The van der Waals surface area contributed by atoms with Crippen molar-refractivity contribution in [2.75, 3.05) is 0 Å². The number of benzene rings is 3. The Hall–Kier alpha value is -3.06. The third-order valence-corrected chi connectivity index (χ3v) is 7.63. The van der Waals surface area contributed by atoms with Gasteiger partial charge in [0.1, 0.15) is 0 Å². The van der Waals surface area contributed by atoms with Gasteiger partial charge in [-0.25, -0.2) is 0 Å². The topological polar surface area (TPSA) is 4.93 Å². The predicted molar refractivity (Wildman–Crippen MR) is 139 cm³/mol. The second kappa shape index (κ2) is 8.47. The van der Waals surface area contributed by atoms with Gasteiger partial charge in [0, 0.05) is 16.5 Å². The van der Waals surface area contributed by atoms with Gasteiger partial charge in [-0.15, -0.1) is 0 Å². The Morgan fingerprint density at radius 1 is 1.00 bits per heavy atom. The lowest BCUT2D eigenvalue weighted by Crippen LogP contribution is -2.21. The Morgan fingerprint density at radius 3 is 2.53 bits per heavy atom. The minimum Gasteiger partial charge on any atom is -0.313 e. The molecule has 0 amide bonds. The first kappa shape index (κ1) is 20.8. The van der Waals surface area contributed by atoms with Gasteiger partial charge in [0.05, 0.1) is 11.0 Å². The summed E-state index contributed by atoms with van der Waals surface area (Å²) >= 11 is 0. The lowest BCUT2D eigenvalue weighted by molar-refractivity contribution is 0.404. The molecule has 1 heteroatoms. The number of nitrogens with zero attached hydrogens (tertiary/aromatic N) is 1. The first-order valence-corrected chi connectivity index (χ1v) is 12.0. The summed E-state index contributed by atoms with van der Waals surface area (Å²) in [4.78, 5) is 0. The number of rotatable bonds is 5. The standard InChI is InChI=1S/C31H33N/c1-5-21(2)32-30-18-12-11-17-28(30)29-20-19-26(23(4)31(29)32)27-16-10-9-15-25(27)22(3)24-13-7-6-8-14-24/h6-9,11-15,17-20,22,25,27H,2,5,10,16H2,1,3-4H3/t22-,25?,27?/m0/s1. The van der Waals surface area contributed by atoms with Gasteiger partial charge in [-0.05, 0) is 66.7 Å². The third-order valence-electron chi connectivity index (χ3n) is 7.63.